The van der Waals surface area contributed by atoms with Crippen molar-refractivity contribution in [1.82, 2.24) is 10.2 Å². The van der Waals surface area contributed by atoms with Crippen LogP contribution in [0.5, 0.6) is 0 Å². The Balaban J connectivity index is 0.000000165. The normalized spacial score (nSPS) is 30.9. The Bertz CT molecular complexity index is 1370. The summed E-state index contributed by atoms with van der Waals surface area (Å²) in [5.74, 6) is 0.0523. The number of likely N-dealkylation sites (tertiary alicyclic amines) is 1. The first-order valence-corrected chi connectivity index (χ1v) is 14.7. The molecule has 4 atom stereocenters. The Morgan fingerprint density at radius 3 is 1.68 bits per heavy atom. The Hall–Kier alpha value is -3.21. The zero-order valence-corrected chi connectivity index (χ0v) is 25.6. The summed E-state index contributed by atoms with van der Waals surface area (Å²) in [6, 6.07) is 21.4. The summed E-state index contributed by atoms with van der Waals surface area (Å²) in [5.41, 5.74) is 6.63. The Kier molecular flexibility index (Phi) is 8.96. The van der Waals surface area contributed by atoms with Crippen LogP contribution >= 0.6 is 11.6 Å². The highest BCUT2D eigenvalue weighted by molar-refractivity contribution is 6.66. The molecule has 2 aromatic carbocycles. The van der Waals surface area contributed by atoms with Crippen LogP contribution in [-0.2, 0) is 9.59 Å². The van der Waals surface area contributed by atoms with Gasteiger partial charge in [0.05, 0.1) is 0 Å². The fourth-order valence-corrected chi connectivity index (χ4v) is 6.90. The van der Waals surface area contributed by atoms with Crippen LogP contribution in [0.1, 0.15) is 51.7 Å². The minimum absolute atomic E-state index is 0.0523. The Morgan fingerprint density at radius 1 is 0.756 bits per heavy atom. The van der Waals surface area contributed by atoms with Crippen LogP contribution in [0.25, 0.3) is 11.1 Å². The van der Waals surface area contributed by atoms with E-state index in [2.05, 4.69) is 113 Å². The number of rotatable bonds is 4. The van der Waals surface area contributed by atoms with E-state index in [0.717, 1.165) is 38.7 Å². The summed E-state index contributed by atoms with van der Waals surface area (Å²) in [6.45, 7) is 20.0. The topological polar surface area (TPSA) is 49.4 Å². The van der Waals surface area contributed by atoms with Crippen molar-refractivity contribution in [3.63, 3.8) is 0 Å². The Labute approximate surface area is 250 Å². The summed E-state index contributed by atoms with van der Waals surface area (Å²) in [6.07, 6.45) is 9.60. The van der Waals surface area contributed by atoms with E-state index in [1.807, 2.05) is 11.0 Å². The maximum Gasteiger partial charge on any atom is 0.246 e. The SMILES string of the molecule is C=CC(=O)Cl.C=CC(=O)N1C[C@@]2(C)CC(c3ccccc3)=C[C@@]2(C)C1.C[C@@]12CNC[C@]1(C)C=C(c1ccccc1)C2. The van der Waals surface area contributed by atoms with E-state index in [9.17, 15) is 9.59 Å². The van der Waals surface area contributed by atoms with Crippen molar-refractivity contribution in [3.05, 3.63) is 109 Å². The van der Waals surface area contributed by atoms with Gasteiger partial charge in [0.1, 0.15) is 0 Å². The highest BCUT2D eigenvalue weighted by Gasteiger charge is 2.55. The third-order valence-corrected chi connectivity index (χ3v) is 10.1. The molecule has 2 saturated heterocycles. The van der Waals surface area contributed by atoms with E-state index < -0.39 is 5.24 Å². The summed E-state index contributed by atoms with van der Waals surface area (Å²) in [5, 5.41) is 3.02. The van der Waals surface area contributed by atoms with Crippen molar-refractivity contribution in [2.24, 2.45) is 21.7 Å². The molecule has 216 valence electrons. The first-order chi connectivity index (χ1) is 19.4. The molecule has 4 nitrogen and oxygen atoms in total. The van der Waals surface area contributed by atoms with E-state index in [0.29, 0.717) is 10.8 Å². The monoisotopic (exact) mass is 570 g/mol. The molecule has 2 heterocycles. The molecule has 4 aliphatic rings. The number of nitrogens with one attached hydrogen (secondary N) is 1. The second kappa shape index (κ2) is 12.0. The number of nitrogens with zero attached hydrogens (tertiary/aromatic N) is 1. The van der Waals surface area contributed by atoms with Gasteiger partial charge in [-0.15, -0.1) is 0 Å². The number of carbonyl (C=O) groups excluding carboxylic acids is 2. The van der Waals surface area contributed by atoms with Gasteiger partial charge >= 0.3 is 0 Å². The minimum atomic E-state index is -0.509. The number of hydrogen-bond donors (Lipinski definition) is 1. The van der Waals surface area contributed by atoms with E-state index >= 15 is 0 Å². The van der Waals surface area contributed by atoms with Gasteiger partial charge in [-0.25, -0.2) is 0 Å². The van der Waals surface area contributed by atoms with E-state index in [1.165, 1.54) is 34.8 Å². The number of halogens is 1. The maximum atomic E-state index is 11.9. The Morgan fingerprint density at radius 2 is 1.24 bits per heavy atom. The van der Waals surface area contributed by atoms with Crippen molar-refractivity contribution in [3.8, 4) is 0 Å². The molecule has 5 heteroatoms. The lowest BCUT2D eigenvalue weighted by Crippen LogP contribution is -2.30. The molecule has 2 fully saturated rings. The van der Waals surface area contributed by atoms with Gasteiger partial charge in [-0.1, -0.05) is 114 Å². The molecular weight excluding hydrogens is 528 g/mol. The number of carbonyl (C=O) groups is 2. The maximum absolute atomic E-state index is 11.9. The molecule has 0 radical (unpaired) electrons. The van der Waals surface area contributed by atoms with Crippen LogP contribution in [-0.4, -0.2) is 42.2 Å². The van der Waals surface area contributed by atoms with Crippen molar-refractivity contribution >= 4 is 33.9 Å². The quantitative estimate of drug-likeness (QED) is 0.305. The molecule has 1 N–H and O–H groups in total. The molecular formula is C36H43ClN2O2. The average molecular weight is 571 g/mol. The van der Waals surface area contributed by atoms with Crippen LogP contribution in [0.4, 0.5) is 0 Å². The summed E-state index contributed by atoms with van der Waals surface area (Å²) < 4.78 is 0. The van der Waals surface area contributed by atoms with E-state index in [-0.39, 0.29) is 16.7 Å². The average Bonchev–Trinajstić information content (AvgIpc) is 3.58. The molecule has 0 unspecified atom stereocenters. The number of allylic oxidation sites excluding steroid dienone is 3. The standard InChI is InChI=1S/C18H21NO.C15H19N.C3H3ClO/c1-4-16(20)19-12-17(2)10-15(11-18(17,3)13-19)14-8-6-5-7-9-14;1-14-8-13(12-6-4-3-5-7-12)9-15(14,2)11-16-10-14;1-2-3(4)5/h4-10H,1,11-13H2,2-3H3;3-8,16H,9-11H2,1-2H3;2H,1H2/t17-,18+;14-,15+;/m00./s1. The fraction of sp³-hybridized carbons (Fsp3) is 0.389. The number of hydrogen-bond acceptors (Lipinski definition) is 3. The minimum Gasteiger partial charge on any atom is -0.338 e. The van der Waals surface area contributed by atoms with Gasteiger partial charge in [-0.05, 0) is 69.7 Å². The molecule has 1 amide bonds. The van der Waals surface area contributed by atoms with Crippen molar-refractivity contribution in [2.45, 2.75) is 40.5 Å². The van der Waals surface area contributed by atoms with Gasteiger partial charge in [0.25, 0.3) is 0 Å². The number of benzene rings is 2. The van der Waals surface area contributed by atoms with Crippen molar-refractivity contribution in [2.75, 3.05) is 26.2 Å². The summed E-state index contributed by atoms with van der Waals surface area (Å²) >= 11 is 4.71. The van der Waals surface area contributed by atoms with Crippen LogP contribution in [0, 0.1) is 21.7 Å². The van der Waals surface area contributed by atoms with Gasteiger partial charge in [0.2, 0.25) is 11.1 Å². The van der Waals surface area contributed by atoms with Gasteiger partial charge in [0, 0.05) is 37.0 Å². The molecule has 2 aliphatic heterocycles. The molecule has 41 heavy (non-hydrogen) atoms. The first kappa shape index (κ1) is 30.7. The smallest absolute Gasteiger partial charge is 0.246 e. The molecule has 0 saturated carbocycles. The van der Waals surface area contributed by atoms with Gasteiger partial charge in [-0.2, -0.15) is 0 Å². The highest BCUT2D eigenvalue weighted by Crippen LogP contribution is 2.58. The predicted octanol–water partition coefficient (Wildman–Crippen LogP) is 7.54. The van der Waals surface area contributed by atoms with Gasteiger partial charge in [-0.3, -0.25) is 9.59 Å². The second-order valence-electron chi connectivity index (χ2n) is 12.9. The molecule has 0 spiro atoms. The summed E-state index contributed by atoms with van der Waals surface area (Å²) in [4.78, 5) is 23.3. The molecule has 6 rings (SSSR count). The largest absolute Gasteiger partial charge is 0.338 e. The molecule has 0 aromatic heterocycles. The lowest BCUT2D eigenvalue weighted by molar-refractivity contribution is -0.125. The van der Waals surface area contributed by atoms with Crippen LogP contribution < -0.4 is 5.32 Å². The summed E-state index contributed by atoms with van der Waals surface area (Å²) in [7, 11) is 0. The van der Waals surface area contributed by atoms with Crippen LogP contribution in [0.3, 0.4) is 0 Å². The highest BCUT2D eigenvalue weighted by atomic mass is 35.5. The van der Waals surface area contributed by atoms with E-state index in [1.54, 1.807) is 0 Å². The number of fused-ring (bicyclic) bond motifs is 2. The zero-order valence-electron chi connectivity index (χ0n) is 24.9. The van der Waals surface area contributed by atoms with Crippen LogP contribution in [0.2, 0.25) is 0 Å². The lowest BCUT2D eigenvalue weighted by Gasteiger charge is -2.32. The van der Waals surface area contributed by atoms with Crippen molar-refractivity contribution < 1.29 is 9.59 Å². The second-order valence-corrected chi connectivity index (χ2v) is 13.3. The van der Waals surface area contributed by atoms with Crippen molar-refractivity contribution in [1.29, 1.82) is 0 Å². The lowest BCUT2D eigenvalue weighted by atomic mass is 9.70. The van der Waals surface area contributed by atoms with Crippen LogP contribution in [0.15, 0.2) is 98.1 Å². The molecule has 2 aliphatic carbocycles. The molecule has 2 aromatic rings. The number of amides is 1. The molecule has 0 bridgehead atoms. The van der Waals surface area contributed by atoms with E-state index in [4.69, 9.17) is 11.6 Å². The zero-order chi connectivity index (χ0) is 29.9. The van der Waals surface area contributed by atoms with Gasteiger partial charge in [0.15, 0.2) is 0 Å². The third kappa shape index (κ3) is 6.19. The third-order valence-electron chi connectivity index (χ3n) is 9.91. The first-order valence-electron chi connectivity index (χ1n) is 14.4. The fourth-order valence-electron chi connectivity index (χ4n) is 6.90. The predicted molar refractivity (Wildman–Crippen MR) is 171 cm³/mol. The van der Waals surface area contributed by atoms with Gasteiger partial charge < -0.3 is 10.2 Å².